The van der Waals surface area contributed by atoms with Crippen molar-refractivity contribution in [3.05, 3.63) is 103 Å². The molecular weight excluding hydrogens is 884 g/mol. The number of nitrogens with zero attached hydrogens (tertiary/aromatic N) is 4. The van der Waals surface area contributed by atoms with Crippen LogP contribution in [0.25, 0.3) is 21.5 Å². The molecule has 2 amide bonds. The Labute approximate surface area is 415 Å². The predicted molar refractivity (Wildman–Crippen MR) is 205 cm³/mol. The number of aryl methyl sites for hydroxylation is 1. The zero-order valence-corrected chi connectivity index (χ0v) is 37.1. The van der Waals surface area contributed by atoms with Crippen molar-refractivity contribution in [3.8, 4) is 5.75 Å². The average molecular weight is 909 g/mol. The summed E-state index contributed by atoms with van der Waals surface area (Å²) in [5, 5.41) is 50.2. The van der Waals surface area contributed by atoms with Crippen LogP contribution in [0.15, 0.2) is 137 Å². The van der Waals surface area contributed by atoms with E-state index in [4.69, 9.17) is 4.74 Å². The third kappa shape index (κ3) is 14.4. The summed E-state index contributed by atoms with van der Waals surface area (Å²) in [6.45, 7) is 1.69. The van der Waals surface area contributed by atoms with Gasteiger partial charge in [-0.3, -0.25) is 10.1 Å². The Bertz CT molecular complexity index is 2880. The molecule has 0 heterocycles. The van der Waals surface area contributed by atoms with Crippen LogP contribution in [0, 0.1) is 6.92 Å². The molecule has 0 aliphatic heterocycles. The van der Waals surface area contributed by atoms with Crippen LogP contribution in [0.1, 0.15) is 5.56 Å². The van der Waals surface area contributed by atoms with Crippen LogP contribution in [0.3, 0.4) is 0 Å². The number of carbonyl (C=O) groups excluding carboxylic acids is 1. The van der Waals surface area contributed by atoms with Crippen LogP contribution in [-0.4, -0.2) is 39.1 Å². The fraction of sp³-hybridized carbons (Fsp3) is 0.0571. The van der Waals surface area contributed by atoms with Gasteiger partial charge in [0.15, 0.2) is 0 Å². The van der Waals surface area contributed by atoms with E-state index in [1.165, 1.54) is 79.9 Å². The number of anilines is 2. The van der Waals surface area contributed by atoms with E-state index in [2.05, 4.69) is 49.8 Å². The number of urea groups is 1. The maximum Gasteiger partial charge on any atom is 1.00 e. The van der Waals surface area contributed by atoms with Gasteiger partial charge in [0.1, 0.15) is 26.0 Å². The van der Waals surface area contributed by atoms with Gasteiger partial charge in [0, 0.05) is 37.7 Å². The van der Waals surface area contributed by atoms with Crippen molar-refractivity contribution in [1.29, 1.82) is 0 Å². The van der Waals surface area contributed by atoms with Crippen LogP contribution >= 0.6 is 24.1 Å². The molecule has 0 aliphatic rings. The fourth-order valence-corrected chi connectivity index (χ4v) is 8.03. The molecule has 306 valence electrons. The molecule has 6 rings (SSSR count). The first-order valence-corrected chi connectivity index (χ1v) is 20.5. The predicted octanol–water partition coefficient (Wildman–Crippen LogP) is -4.93. The molecule has 20 nitrogen and oxygen atoms in total. The Balaban J connectivity index is 0.00000341. The van der Waals surface area contributed by atoms with E-state index in [0.717, 1.165) is 12.1 Å². The molecule has 0 aliphatic carbocycles. The normalized spacial score (nSPS) is 11.4. The smallest absolute Gasteiger partial charge is 0.744 e. The number of azo groups is 2. The monoisotopic (exact) mass is 908 g/mol. The molecule has 6 aromatic rings. The van der Waals surface area contributed by atoms with Crippen molar-refractivity contribution in [1.82, 2.24) is 0 Å². The van der Waals surface area contributed by atoms with Crippen molar-refractivity contribution >= 4 is 106 Å². The number of hydrogen-bond donors (Lipinski definition) is 2. The first-order chi connectivity index (χ1) is 28.2. The minimum Gasteiger partial charge on any atom is -0.744 e. The van der Waals surface area contributed by atoms with Crippen LogP contribution in [0.4, 0.5) is 38.9 Å². The first-order valence-electron chi connectivity index (χ1n) is 16.2. The number of nitrogens with one attached hydrogen (secondary N) is 2. The van der Waals surface area contributed by atoms with E-state index >= 15 is 0 Å². The summed E-state index contributed by atoms with van der Waals surface area (Å²) in [5.41, 5.74) is 1.89. The Hall–Kier alpha value is -3.22. The number of rotatable bonds is 15. The van der Waals surface area contributed by atoms with E-state index in [-0.39, 0.29) is 135 Å². The molecule has 63 heavy (non-hydrogen) atoms. The molecule has 6 aromatic carbocycles. The molecule has 0 saturated carbocycles. The molecule has 0 saturated heterocycles. The van der Waals surface area contributed by atoms with Crippen molar-refractivity contribution in [2.75, 3.05) is 17.7 Å². The summed E-state index contributed by atoms with van der Waals surface area (Å²) in [6.07, 6.45) is 0. The maximum absolute atomic E-state index is 13.0. The van der Waals surface area contributed by atoms with Crippen molar-refractivity contribution in [2.24, 2.45) is 20.5 Å². The first kappa shape index (κ1) is 55.9. The van der Waals surface area contributed by atoms with Gasteiger partial charge in [-0.25, -0.2) is 21.6 Å². The standard InChI is InChI=1S/C35H28N6O14S4.4Li/c1-19-13-20(38-41-23-14-26-25(34(18-23)59(48,49)50)6-3-7-31(26)56-54-52-43)9-11-28(19)36-35(42)37-29-12-10-21(16-30(29)51-2)39-40-22-15-27-24(32(17-22)57-55-53-44)5-4-8-33(27)58(45,46)47;;;;/h3-18,43-44H,1-2H3,(H2,36,37,42)(H,45,46,47)(H,48,49,50);;;;/q;4*+1/p-4. The summed E-state index contributed by atoms with van der Waals surface area (Å²) in [4.78, 5) is 12.4. The SMILES string of the molecule is COc1cc(N=Nc2cc(SOO[O-])c3cccc(S(=O)(=O)[O-])c3c2)ccc1NC(=O)Nc1ccc(N=Nc2cc(S(=O)(=O)[O-])c3cccc(SOO[O-])c3c2)cc1C.[Li+].[Li+].[Li+].[Li+]. The average Bonchev–Trinajstić information content (AvgIpc) is 3.20. The molecular formula is C35H24Li4N6O14S4. The Morgan fingerprint density at radius 2 is 1.10 bits per heavy atom. The number of methoxy groups -OCH3 is 1. The molecule has 28 heteroatoms. The van der Waals surface area contributed by atoms with E-state index in [1.54, 1.807) is 19.1 Å². The van der Waals surface area contributed by atoms with E-state index < -0.39 is 36.1 Å². The van der Waals surface area contributed by atoms with Gasteiger partial charge < -0.3 is 35.0 Å². The number of hydrogen-bond acceptors (Lipinski definition) is 20. The molecule has 0 fully saturated rings. The topological polar surface area (TPSA) is 297 Å². The number of fused-ring (bicyclic) bond motifs is 2. The van der Waals surface area contributed by atoms with E-state index in [1.807, 2.05) is 0 Å². The molecule has 0 bridgehead atoms. The van der Waals surface area contributed by atoms with Crippen molar-refractivity contribution in [3.63, 3.8) is 0 Å². The van der Waals surface area contributed by atoms with Gasteiger partial charge in [-0.15, -0.1) is 0 Å². The largest absolute Gasteiger partial charge is 1.00 e. The summed E-state index contributed by atoms with van der Waals surface area (Å²) in [7, 11) is -8.48. The van der Waals surface area contributed by atoms with Crippen LogP contribution in [-0.2, 0) is 39.0 Å². The number of benzene rings is 6. The Kier molecular flexibility index (Phi) is 22.1. The second kappa shape index (κ2) is 24.9. The molecule has 0 aromatic heterocycles. The van der Waals surface area contributed by atoms with Crippen molar-refractivity contribution in [2.45, 2.75) is 26.5 Å². The fourth-order valence-electron chi connectivity index (χ4n) is 5.60. The Morgan fingerprint density at radius 1 is 0.571 bits per heavy atom. The molecule has 0 spiro atoms. The van der Waals surface area contributed by atoms with E-state index in [0.29, 0.717) is 41.0 Å². The maximum atomic E-state index is 13.0. The van der Waals surface area contributed by atoms with Gasteiger partial charge in [0.05, 0.1) is 69.4 Å². The van der Waals surface area contributed by atoms with Crippen LogP contribution in [0.5, 0.6) is 5.75 Å². The summed E-state index contributed by atoms with van der Waals surface area (Å²) >= 11 is 0.992. The molecule has 0 radical (unpaired) electrons. The molecule has 0 atom stereocenters. The summed E-state index contributed by atoms with van der Waals surface area (Å²) < 4.78 is 86.2. The third-order valence-corrected chi connectivity index (χ3v) is 11.2. The number of carbonyl (C=O) groups is 1. The number of ether oxygens (including phenoxy) is 1. The zero-order chi connectivity index (χ0) is 42.3. The summed E-state index contributed by atoms with van der Waals surface area (Å²) in [5.74, 6) is 0.193. The minimum atomic E-state index is -4.95. The van der Waals surface area contributed by atoms with Gasteiger partial charge >= 0.3 is 81.5 Å². The van der Waals surface area contributed by atoms with Gasteiger partial charge in [0.25, 0.3) is 0 Å². The number of amides is 2. The molecule has 0 unspecified atom stereocenters. The van der Waals surface area contributed by atoms with Gasteiger partial charge in [-0.1, -0.05) is 24.3 Å². The quantitative estimate of drug-likeness (QED) is 0.0244. The van der Waals surface area contributed by atoms with Gasteiger partial charge in [0.2, 0.25) is 0 Å². The molecule has 2 N–H and O–H groups in total. The Morgan fingerprint density at radius 3 is 1.70 bits per heavy atom. The third-order valence-electron chi connectivity index (χ3n) is 8.10. The summed E-state index contributed by atoms with van der Waals surface area (Å²) in [6, 6.07) is 22.2. The van der Waals surface area contributed by atoms with Gasteiger partial charge in [-0.2, -0.15) is 29.1 Å². The second-order valence-electron chi connectivity index (χ2n) is 11.8. The minimum absolute atomic E-state index is 0. The van der Waals surface area contributed by atoms with E-state index in [9.17, 15) is 41.3 Å². The van der Waals surface area contributed by atoms with Crippen molar-refractivity contribution < 1.29 is 140 Å². The van der Waals surface area contributed by atoms with Crippen LogP contribution in [0.2, 0.25) is 0 Å². The van der Waals surface area contributed by atoms with Gasteiger partial charge in [-0.05, 0) is 84.6 Å². The second-order valence-corrected chi connectivity index (χ2v) is 16.0. The van der Waals surface area contributed by atoms with Crippen LogP contribution < -0.4 is 101 Å². The zero-order valence-electron chi connectivity index (χ0n) is 33.9.